The Morgan fingerprint density at radius 2 is 1.95 bits per heavy atom. The van der Waals surface area contributed by atoms with Crippen molar-refractivity contribution in [2.24, 2.45) is 5.73 Å². The van der Waals surface area contributed by atoms with Gasteiger partial charge in [0.1, 0.15) is 6.61 Å². The Labute approximate surface area is 113 Å². The second-order valence-corrected chi connectivity index (χ2v) is 5.72. The van der Waals surface area contributed by atoms with Gasteiger partial charge in [0.05, 0.1) is 4.90 Å². The van der Waals surface area contributed by atoms with Crippen LogP contribution in [0.4, 0.5) is 0 Å². The number of nitrogens with two attached hydrogens (primary N) is 1. The summed E-state index contributed by atoms with van der Waals surface area (Å²) in [6.45, 7) is 2.34. The zero-order valence-electron chi connectivity index (χ0n) is 10.8. The molecule has 0 radical (unpaired) electrons. The van der Waals surface area contributed by atoms with Crippen LogP contribution in [-0.4, -0.2) is 34.1 Å². The van der Waals surface area contributed by atoms with Crippen molar-refractivity contribution in [3.63, 3.8) is 0 Å². The maximum Gasteiger partial charge on any atom is 0.264 e. The molecule has 0 heterocycles. The summed E-state index contributed by atoms with van der Waals surface area (Å²) in [6.07, 6.45) is 0.623. The minimum Gasteiger partial charge on any atom is -0.372 e. The third-order valence-electron chi connectivity index (χ3n) is 2.31. The first-order chi connectivity index (χ1) is 8.95. The lowest BCUT2D eigenvalue weighted by atomic mass is 10.2. The average Bonchev–Trinajstić information content (AvgIpc) is 2.34. The van der Waals surface area contributed by atoms with E-state index in [2.05, 4.69) is 0 Å². The van der Waals surface area contributed by atoms with Gasteiger partial charge in [0.25, 0.3) is 15.9 Å². The SMILES string of the molecule is Cc1ccc(S(=O)(=O)NC(=O)COCCCN)cc1. The molecule has 7 heteroatoms. The standard InChI is InChI=1S/C12H18N2O4S/c1-10-3-5-11(6-4-10)19(16,17)14-12(15)9-18-8-2-7-13/h3-6H,2,7-9,13H2,1H3,(H,14,15). The highest BCUT2D eigenvalue weighted by Gasteiger charge is 2.17. The fourth-order valence-electron chi connectivity index (χ4n) is 1.31. The number of sulfonamides is 1. The van der Waals surface area contributed by atoms with Gasteiger partial charge in [0, 0.05) is 6.61 Å². The van der Waals surface area contributed by atoms with Crippen LogP contribution in [0.2, 0.25) is 0 Å². The number of hydrogen-bond donors (Lipinski definition) is 2. The van der Waals surface area contributed by atoms with Crippen LogP contribution >= 0.6 is 0 Å². The van der Waals surface area contributed by atoms with Gasteiger partial charge < -0.3 is 10.5 Å². The first-order valence-electron chi connectivity index (χ1n) is 5.86. The quantitative estimate of drug-likeness (QED) is 0.696. The van der Waals surface area contributed by atoms with Crippen LogP contribution in [0, 0.1) is 6.92 Å². The van der Waals surface area contributed by atoms with E-state index in [9.17, 15) is 13.2 Å². The van der Waals surface area contributed by atoms with Crippen molar-refractivity contribution >= 4 is 15.9 Å². The fourth-order valence-corrected chi connectivity index (χ4v) is 2.28. The van der Waals surface area contributed by atoms with E-state index >= 15 is 0 Å². The van der Waals surface area contributed by atoms with Crippen LogP contribution in [0.15, 0.2) is 29.2 Å². The van der Waals surface area contributed by atoms with Crippen molar-refractivity contribution in [2.45, 2.75) is 18.2 Å². The Morgan fingerprint density at radius 3 is 2.53 bits per heavy atom. The van der Waals surface area contributed by atoms with Crippen molar-refractivity contribution in [1.82, 2.24) is 4.72 Å². The van der Waals surface area contributed by atoms with Gasteiger partial charge in [-0.25, -0.2) is 13.1 Å². The van der Waals surface area contributed by atoms with Gasteiger partial charge in [-0.15, -0.1) is 0 Å². The Kier molecular flexibility index (Phi) is 5.94. The average molecular weight is 286 g/mol. The van der Waals surface area contributed by atoms with Gasteiger partial charge in [-0.05, 0) is 32.0 Å². The van der Waals surface area contributed by atoms with Crippen LogP contribution in [0.3, 0.4) is 0 Å². The first kappa shape index (κ1) is 15.6. The van der Waals surface area contributed by atoms with E-state index in [-0.39, 0.29) is 11.5 Å². The summed E-state index contributed by atoms with van der Waals surface area (Å²) in [5.74, 6) is -0.697. The molecule has 6 nitrogen and oxygen atoms in total. The molecule has 0 unspecified atom stereocenters. The van der Waals surface area contributed by atoms with E-state index in [0.29, 0.717) is 19.6 Å². The molecule has 1 rings (SSSR count). The maximum atomic E-state index is 11.8. The number of carbonyl (C=O) groups excluding carboxylic acids is 1. The number of hydrogen-bond acceptors (Lipinski definition) is 5. The molecule has 0 fully saturated rings. The summed E-state index contributed by atoms with van der Waals surface area (Å²) < 4.78 is 30.6. The predicted octanol–water partition coefficient (Wildman–Crippen LogP) is 0.165. The smallest absolute Gasteiger partial charge is 0.264 e. The van der Waals surface area contributed by atoms with Crippen molar-refractivity contribution in [3.8, 4) is 0 Å². The molecule has 0 bridgehead atoms. The third-order valence-corrected chi connectivity index (χ3v) is 3.69. The number of benzene rings is 1. The largest absolute Gasteiger partial charge is 0.372 e. The Balaban J connectivity index is 2.55. The summed E-state index contributed by atoms with van der Waals surface area (Å²) in [5, 5.41) is 0. The van der Waals surface area contributed by atoms with E-state index < -0.39 is 15.9 Å². The van der Waals surface area contributed by atoms with Gasteiger partial charge in [0.2, 0.25) is 0 Å². The molecule has 0 aliphatic heterocycles. The summed E-state index contributed by atoms with van der Waals surface area (Å²) in [5.41, 5.74) is 6.20. The number of amides is 1. The lowest BCUT2D eigenvalue weighted by Gasteiger charge is -2.07. The van der Waals surface area contributed by atoms with Crippen molar-refractivity contribution in [2.75, 3.05) is 19.8 Å². The third kappa shape index (κ3) is 5.37. The highest BCUT2D eigenvalue weighted by Crippen LogP contribution is 2.09. The number of nitrogens with one attached hydrogen (secondary N) is 1. The molecule has 19 heavy (non-hydrogen) atoms. The van der Waals surface area contributed by atoms with E-state index in [4.69, 9.17) is 10.5 Å². The first-order valence-corrected chi connectivity index (χ1v) is 7.34. The second-order valence-electron chi connectivity index (χ2n) is 4.04. The molecule has 0 saturated heterocycles. The van der Waals surface area contributed by atoms with Crippen LogP contribution in [-0.2, 0) is 19.6 Å². The number of ether oxygens (including phenoxy) is 1. The number of carbonyl (C=O) groups is 1. The summed E-state index contributed by atoms with van der Waals surface area (Å²) >= 11 is 0. The molecule has 1 amide bonds. The zero-order valence-corrected chi connectivity index (χ0v) is 11.6. The highest BCUT2D eigenvalue weighted by molar-refractivity contribution is 7.90. The van der Waals surface area contributed by atoms with Gasteiger partial charge in [0.15, 0.2) is 0 Å². The van der Waals surface area contributed by atoms with E-state index in [1.54, 1.807) is 12.1 Å². The van der Waals surface area contributed by atoms with E-state index in [1.807, 2.05) is 11.6 Å². The Morgan fingerprint density at radius 1 is 1.32 bits per heavy atom. The molecular formula is C12H18N2O4S. The molecule has 0 saturated carbocycles. The molecule has 0 spiro atoms. The lowest BCUT2D eigenvalue weighted by molar-refractivity contribution is -0.123. The van der Waals surface area contributed by atoms with E-state index in [0.717, 1.165) is 5.56 Å². The van der Waals surface area contributed by atoms with Crippen LogP contribution in [0.5, 0.6) is 0 Å². The molecule has 3 N–H and O–H groups in total. The van der Waals surface area contributed by atoms with Crippen LogP contribution in [0.25, 0.3) is 0 Å². The molecular weight excluding hydrogens is 268 g/mol. The molecule has 1 aromatic rings. The molecule has 0 atom stereocenters. The van der Waals surface area contributed by atoms with Crippen LogP contribution in [0.1, 0.15) is 12.0 Å². The van der Waals surface area contributed by atoms with Gasteiger partial charge in [-0.2, -0.15) is 0 Å². The molecule has 1 aromatic carbocycles. The zero-order chi connectivity index (χ0) is 14.3. The van der Waals surface area contributed by atoms with Crippen molar-refractivity contribution < 1.29 is 17.9 Å². The second kappa shape index (κ2) is 7.22. The Hall–Kier alpha value is -1.44. The molecule has 0 aromatic heterocycles. The summed E-state index contributed by atoms with van der Waals surface area (Å²) in [6, 6.07) is 6.22. The van der Waals surface area contributed by atoms with Gasteiger partial charge >= 0.3 is 0 Å². The number of aryl methyl sites for hydroxylation is 1. The minimum atomic E-state index is -3.82. The number of rotatable bonds is 7. The molecule has 0 aliphatic carbocycles. The van der Waals surface area contributed by atoms with Gasteiger partial charge in [-0.3, -0.25) is 4.79 Å². The maximum absolute atomic E-state index is 11.8. The van der Waals surface area contributed by atoms with Crippen molar-refractivity contribution in [3.05, 3.63) is 29.8 Å². The van der Waals surface area contributed by atoms with Gasteiger partial charge in [-0.1, -0.05) is 17.7 Å². The van der Waals surface area contributed by atoms with Crippen LogP contribution < -0.4 is 10.5 Å². The summed E-state index contributed by atoms with van der Waals surface area (Å²) in [7, 11) is -3.82. The van der Waals surface area contributed by atoms with E-state index in [1.165, 1.54) is 12.1 Å². The topological polar surface area (TPSA) is 98.5 Å². The van der Waals surface area contributed by atoms with Crippen molar-refractivity contribution in [1.29, 1.82) is 0 Å². The normalized spacial score (nSPS) is 11.3. The molecule has 106 valence electrons. The Bertz CT molecular complexity index is 511. The monoisotopic (exact) mass is 286 g/mol. The fraction of sp³-hybridized carbons (Fsp3) is 0.417. The molecule has 0 aliphatic rings. The highest BCUT2D eigenvalue weighted by atomic mass is 32.2. The summed E-state index contributed by atoms with van der Waals surface area (Å²) in [4.78, 5) is 11.5. The predicted molar refractivity (Wildman–Crippen MR) is 71.0 cm³/mol. The lowest BCUT2D eigenvalue weighted by Crippen LogP contribution is -2.33. The minimum absolute atomic E-state index is 0.0495.